The third-order valence-corrected chi connectivity index (χ3v) is 10.7. The molecule has 0 heterocycles. The second-order valence-corrected chi connectivity index (χ2v) is 17.3. The van der Waals surface area contributed by atoms with E-state index in [0.717, 1.165) is 96.3 Å². The minimum Gasteiger partial charge on any atom is -0.466 e. The maximum absolute atomic E-state index is 13.9. The number of hydrogen-bond donors (Lipinski definition) is 0. The van der Waals surface area contributed by atoms with Crippen molar-refractivity contribution in [2.24, 2.45) is 0 Å². The third kappa shape index (κ3) is 38.1. The lowest BCUT2D eigenvalue weighted by atomic mass is 9.94. The third-order valence-electron chi connectivity index (χ3n) is 10.7. The predicted molar refractivity (Wildman–Crippen MR) is 249 cm³/mol. The fourth-order valence-electron chi connectivity index (χ4n) is 6.68. The van der Waals surface area contributed by atoms with Crippen LogP contribution in [-0.4, -0.2) is 113 Å². The standard InChI is InChI=1S/C50H89NO14/c1-6-9-12-15-21-30-43(52)59-35-24-18-27-38-62-47(56)41-50(65-46(55)33-34-51(4)5,49(58)64-40-29-20-26-37-61-45(54)32-23-17-14-11-8-3)42-48(57)63-39-28-19-25-36-60-44(53)31-22-16-13-10-7-2/h6-42H2,1-5H3. The van der Waals surface area contributed by atoms with Gasteiger partial charge in [-0.2, -0.15) is 0 Å². The fourth-order valence-corrected chi connectivity index (χ4v) is 6.68. The first-order valence-corrected chi connectivity index (χ1v) is 25.2. The SMILES string of the molecule is CCCCCCCC(=O)OCCCCCOC(=O)CC(CC(=O)OCCCCCOC(=O)CCCCCCC)(OC(=O)CCN(C)C)C(=O)OCCCCCOC(=O)CCCCCCC. The number of unbranched alkanes of at least 4 members (excludes halogenated alkanes) is 18. The number of ether oxygens (including phenoxy) is 7. The van der Waals surface area contributed by atoms with Gasteiger partial charge in [-0.3, -0.25) is 28.8 Å². The van der Waals surface area contributed by atoms with Crippen molar-refractivity contribution in [3.63, 3.8) is 0 Å². The average molecular weight is 928 g/mol. The minimum absolute atomic E-state index is 0.00788. The van der Waals surface area contributed by atoms with E-state index < -0.39 is 42.3 Å². The molecule has 0 aliphatic carbocycles. The van der Waals surface area contributed by atoms with Crippen LogP contribution in [0.25, 0.3) is 0 Å². The zero-order chi connectivity index (χ0) is 48.2. The Balaban J connectivity index is 5.41. The number of rotatable bonds is 45. The number of carbonyl (C=O) groups is 7. The highest BCUT2D eigenvalue weighted by molar-refractivity contribution is 5.92. The quantitative estimate of drug-likeness (QED) is 0.0319. The average Bonchev–Trinajstić information content (AvgIpc) is 3.26. The summed E-state index contributed by atoms with van der Waals surface area (Å²) < 4.78 is 38.2. The predicted octanol–water partition coefficient (Wildman–Crippen LogP) is 9.85. The largest absolute Gasteiger partial charge is 0.466 e. The van der Waals surface area contributed by atoms with Crippen molar-refractivity contribution in [1.29, 1.82) is 0 Å². The molecule has 0 saturated heterocycles. The molecule has 0 spiro atoms. The van der Waals surface area contributed by atoms with Gasteiger partial charge in [0.05, 0.1) is 58.9 Å². The van der Waals surface area contributed by atoms with Gasteiger partial charge in [0.25, 0.3) is 0 Å². The maximum Gasteiger partial charge on any atom is 0.351 e. The van der Waals surface area contributed by atoms with Gasteiger partial charge >= 0.3 is 41.8 Å². The topological polar surface area (TPSA) is 187 Å². The van der Waals surface area contributed by atoms with Gasteiger partial charge in [-0.05, 0) is 91.1 Å². The molecule has 0 aromatic carbocycles. The van der Waals surface area contributed by atoms with Crippen LogP contribution >= 0.6 is 0 Å². The van der Waals surface area contributed by atoms with Crippen molar-refractivity contribution >= 4 is 41.8 Å². The summed E-state index contributed by atoms with van der Waals surface area (Å²) in [5, 5.41) is 0. The molecule has 0 aromatic rings. The zero-order valence-corrected chi connectivity index (χ0v) is 41.3. The number of hydrogen-bond acceptors (Lipinski definition) is 15. The van der Waals surface area contributed by atoms with Gasteiger partial charge in [0.15, 0.2) is 0 Å². The Bertz CT molecular complexity index is 1220. The molecule has 0 atom stereocenters. The van der Waals surface area contributed by atoms with Gasteiger partial charge in [-0.15, -0.1) is 0 Å². The van der Waals surface area contributed by atoms with Crippen molar-refractivity contribution in [2.75, 3.05) is 60.3 Å². The molecule has 0 bridgehead atoms. The Kier molecular flexibility index (Phi) is 40.4. The Labute approximate surface area is 391 Å². The Morgan fingerprint density at radius 1 is 0.338 bits per heavy atom. The zero-order valence-electron chi connectivity index (χ0n) is 41.3. The van der Waals surface area contributed by atoms with Crippen molar-refractivity contribution in [3.05, 3.63) is 0 Å². The lowest BCUT2D eigenvalue weighted by Crippen LogP contribution is -2.49. The summed E-state index contributed by atoms with van der Waals surface area (Å²) >= 11 is 0. The summed E-state index contributed by atoms with van der Waals surface area (Å²) in [4.78, 5) is 91.6. The van der Waals surface area contributed by atoms with Crippen LogP contribution < -0.4 is 0 Å². The molecule has 0 unspecified atom stereocenters. The lowest BCUT2D eigenvalue weighted by molar-refractivity contribution is -0.191. The van der Waals surface area contributed by atoms with E-state index in [0.29, 0.717) is 77.0 Å². The van der Waals surface area contributed by atoms with E-state index in [9.17, 15) is 33.6 Å². The van der Waals surface area contributed by atoms with E-state index in [1.54, 1.807) is 19.0 Å². The number of carbonyl (C=O) groups excluding carboxylic acids is 7. The highest BCUT2D eigenvalue weighted by atomic mass is 16.6. The Hall–Kier alpha value is -3.75. The van der Waals surface area contributed by atoms with E-state index in [4.69, 9.17) is 33.2 Å². The summed E-state index contributed by atoms with van der Waals surface area (Å²) in [6.07, 6.45) is 19.9. The molecule has 0 aliphatic heterocycles. The van der Waals surface area contributed by atoms with Crippen LogP contribution in [0.1, 0.15) is 213 Å². The molecule has 15 heteroatoms. The van der Waals surface area contributed by atoms with E-state index >= 15 is 0 Å². The molecule has 0 radical (unpaired) electrons. The highest BCUT2D eigenvalue weighted by Gasteiger charge is 2.49. The molecule has 0 rings (SSSR count). The second-order valence-electron chi connectivity index (χ2n) is 17.3. The Morgan fingerprint density at radius 3 is 0.954 bits per heavy atom. The van der Waals surface area contributed by atoms with Crippen LogP contribution in [0.4, 0.5) is 0 Å². The molecular formula is C50H89NO14. The van der Waals surface area contributed by atoms with Crippen LogP contribution in [0.5, 0.6) is 0 Å². The maximum atomic E-state index is 13.9. The molecule has 0 amide bonds. The summed E-state index contributed by atoms with van der Waals surface area (Å²) in [7, 11) is 3.52. The number of nitrogens with zero attached hydrogens (tertiary/aromatic N) is 1. The molecule has 0 fully saturated rings. The molecule has 0 saturated carbocycles. The van der Waals surface area contributed by atoms with Crippen LogP contribution in [0.15, 0.2) is 0 Å². The van der Waals surface area contributed by atoms with E-state index in [-0.39, 0.29) is 70.5 Å². The summed E-state index contributed by atoms with van der Waals surface area (Å²) in [6, 6.07) is 0. The molecule has 0 aliphatic rings. The van der Waals surface area contributed by atoms with Crippen molar-refractivity contribution in [2.45, 2.75) is 219 Å². The summed E-state index contributed by atoms with van der Waals surface area (Å²) in [5.41, 5.74) is -2.35. The summed E-state index contributed by atoms with van der Waals surface area (Å²) in [5.74, 6) is -4.30. The smallest absolute Gasteiger partial charge is 0.351 e. The van der Waals surface area contributed by atoms with E-state index in [1.165, 1.54) is 0 Å². The van der Waals surface area contributed by atoms with Gasteiger partial charge < -0.3 is 38.1 Å². The van der Waals surface area contributed by atoms with Crippen molar-refractivity contribution < 1.29 is 66.7 Å². The normalized spacial score (nSPS) is 11.2. The van der Waals surface area contributed by atoms with Crippen molar-refractivity contribution in [3.8, 4) is 0 Å². The second kappa shape index (κ2) is 42.9. The first-order valence-electron chi connectivity index (χ1n) is 25.2. The highest BCUT2D eigenvalue weighted by Crippen LogP contribution is 2.27. The lowest BCUT2D eigenvalue weighted by Gasteiger charge is -2.30. The Morgan fingerprint density at radius 2 is 0.631 bits per heavy atom. The first kappa shape index (κ1) is 61.2. The van der Waals surface area contributed by atoms with Crippen LogP contribution in [0, 0.1) is 0 Å². The van der Waals surface area contributed by atoms with Crippen LogP contribution in [0.3, 0.4) is 0 Å². The fraction of sp³-hybridized carbons (Fsp3) is 0.860. The van der Waals surface area contributed by atoms with Gasteiger partial charge in [0.1, 0.15) is 0 Å². The van der Waals surface area contributed by atoms with E-state index in [2.05, 4.69) is 20.8 Å². The molecule has 15 nitrogen and oxygen atoms in total. The van der Waals surface area contributed by atoms with Gasteiger partial charge in [-0.1, -0.05) is 97.8 Å². The van der Waals surface area contributed by atoms with E-state index in [1.807, 2.05) is 0 Å². The van der Waals surface area contributed by atoms with Gasteiger partial charge in [0.2, 0.25) is 5.60 Å². The van der Waals surface area contributed by atoms with Crippen LogP contribution in [-0.2, 0) is 66.7 Å². The van der Waals surface area contributed by atoms with Gasteiger partial charge in [-0.25, -0.2) is 4.79 Å². The molecule has 65 heavy (non-hydrogen) atoms. The minimum atomic E-state index is -2.35. The molecule has 378 valence electrons. The van der Waals surface area contributed by atoms with Gasteiger partial charge in [0, 0.05) is 25.8 Å². The first-order chi connectivity index (χ1) is 31.4. The monoisotopic (exact) mass is 928 g/mol. The van der Waals surface area contributed by atoms with Crippen molar-refractivity contribution in [1.82, 2.24) is 4.90 Å². The molecule has 0 N–H and O–H groups in total. The summed E-state index contributed by atoms with van der Waals surface area (Å²) in [6.45, 7) is 7.35. The van der Waals surface area contributed by atoms with Crippen LogP contribution in [0.2, 0.25) is 0 Å². The number of esters is 7. The molecule has 0 aromatic heterocycles. The molecular weight excluding hydrogens is 839 g/mol.